The second kappa shape index (κ2) is 9.25. The quantitative estimate of drug-likeness (QED) is 0.537. The molecule has 0 aliphatic carbocycles. The molecular formula is C21H18ClFN2O4. The lowest BCUT2D eigenvalue weighted by molar-refractivity contribution is -0.123. The average molecular weight is 417 g/mol. The number of benzene rings is 2. The van der Waals surface area contributed by atoms with Crippen molar-refractivity contribution in [3.63, 3.8) is 0 Å². The normalized spacial score (nSPS) is 11.6. The van der Waals surface area contributed by atoms with Gasteiger partial charge in [0.2, 0.25) is 0 Å². The van der Waals surface area contributed by atoms with Crippen molar-refractivity contribution in [2.24, 2.45) is 0 Å². The van der Waals surface area contributed by atoms with Crippen molar-refractivity contribution in [1.29, 1.82) is 0 Å². The number of ether oxygens (including phenoxy) is 1. The number of carbonyl (C=O) groups excluding carboxylic acids is 2. The van der Waals surface area contributed by atoms with Crippen molar-refractivity contribution in [3.8, 4) is 0 Å². The fraction of sp³-hybridized carbons (Fsp3) is 0.143. The fourth-order valence-corrected chi connectivity index (χ4v) is 2.67. The third-order valence-corrected chi connectivity index (χ3v) is 4.26. The molecule has 1 amide bonds. The van der Waals surface area contributed by atoms with Crippen LogP contribution in [0.2, 0.25) is 5.02 Å². The topological polar surface area (TPSA) is 80.6 Å². The summed E-state index contributed by atoms with van der Waals surface area (Å²) in [5, 5.41) is 5.68. The van der Waals surface area contributed by atoms with Crippen LogP contribution in [0.3, 0.4) is 0 Å². The highest BCUT2D eigenvalue weighted by Gasteiger charge is 2.21. The summed E-state index contributed by atoms with van der Waals surface area (Å²) in [4.78, 5) is 24.8. The Kier molecular flexibility index (Phi) is 6.51. The lowest BCUT2D eigenvalue weighted by Crippen LogP contribution is -2.30. The molecule has 3 rings (SSSR count). The Bertz CT molecular complexity index is 1010. The molecule has 6 nitrogen and oxygen atoms in total. The van der Waals surface area contributed by atoms with E-state index in [-0.39, 0.29) is 16.3 Å². The van der Waals surface area contributed by atoms with Crippen molar-refractivity contribution in [2.75, 3.05) is 10.6 Å². The fourth-order valence-electron chi connectivity index (χ4n) is 2.51. The standard InChI is InChI=1S/C21H18ClFN2O4/c1-13(20(26)25-19-9-8-14(22)11-17(19)23)29-21(27)16-6-2-3-7-18(16)24-12-15-5-4-10-28-15/h2-11,13,24H,12H2,1H3,(H,25,26). The highest BCUT2D eigenvalue weighted by atomic mass is 35.5. The largest absolute Gasteiger partial charge is 0.467 e. The van der Waals surface area contributed by atoms with E-state index in [9.17, 15) is 14.0 Å². The Hall–Kier alpha value is -3.32. The molecule has 0 bridgehead atoms. The van der Waals surface area contributed by atoms with Crippen molar-refractivity contribution in [1.82, 2.24) is 0 Å². The maximum absolute atomic E-state index is 13.8. The molecule has 1 unspecified atom stereocenters. The molecule has 3 aromatic rings. The third kappa shape index (κ3) is 5.36. The second-order valence-corrected chi connectivity index (χ2v) is 6.58. The van der Waals surface area contributed by atoms with Gasteiger partial charge < -0.3 is 19.8 Å². The summed E-state index contributed by atoms with van der Waals surface area (Å²) in [6.45, 7) is 1.78. The van der Waals surface area contributed by atoms with Crippen molar-refractivity contribution >= 4 is 34.9 Å². The van der Waals surface area contributed by atoms with E-state index in [1.54, 1.807) is 42.7 Å². The van der Waals surface area contributed by atoms with E-state index in [0.29, 0.717) is 18.0 Å². The molecule has 8 heteroatoms. The molecule has 1 atom stereocenters. The molecule has 150 valence electrons. The zero-order valence-electron chi connectivity index (χ0n) is 15.4. The monoisotopic (exact) mass is 416 g/mol. The zero-order valence-corrected chi connectivity index (χ0v) is 16.2. The van der Waals surface area contributed by atoms with E-state index in [1.165, 1.54) is 19.1 Å². The third-order valence-electron chi connectivity index (χ3n) is 4.02. The number of hydrogen-bond acceptors (Lipinski definition) is 5. The van der Waals surface area contributed by atoms with Crippen molar-refractivity contribution in [3.05, 3.63) is 83.0 Å². The van der Waals surface area contributed by atoms with Gasteiger partial charge in [-0.2, -0.15) is 0 Å². The van der Waals surface area contributed by atoms with Gasteiger partial charge in [-0.1, -0.05) is 23.7 Å². The summed E-state index contributed by atoms with van der Waals surface area (Å²) in [6, 6.07) is 14.2. The van der Waals surface area contributed by atoms with Crippen LogP contribution in [0.4, 0.5) is 15.8 Å². The first-order chi connectivity index (χ1) is 13.9. The SMILES string of the molecule is CC(OC(=O)c1ccccc1NCc1ccco1)C(=O)Nc1ccc(Cl)cc1F. The Morgan fingerprint density at radius 3 is 2.66 bits per heavy atom. The molecule has 2 aromatic carbocycles. The molecule has 0 spiro atoms. The summed E-state index contributed by atoms with van der Waals surface area (Å²) in [5.74, 6) is -1.34. The highest BCUT2D eigenvalue weighted by molar-refractivity contribution is 6.30. The van der Waals surface area contributed by atoms with E-state index in [4.69, 9.17) is 20.8 Å². The first kappa shape index (κ1) is 20.4. The Labute approximate surface area is 171 Å². The van der Waals surface area contributed by atoms with Crippen LogP contribution in [0.25, 0.3) is 0 Å². The molecule has 2 N–H and O–H groups in total. The van der Waals surface area contributed by atoms with Crippen LogP contribution in [0.5, 0.6) is 0 Å². The maximum atomic E-state index is 13.8. The summed E-state index contributed by atoms with van der Waals surface area (Å²) >= 11 is 5.69. The van der Waals surface area contributed by atoms with Gasteiger partial charge in [-0.15, -0.1) is 0 Å². The molecule has 0 aliphatic heterocycles. The minimum absolute atomic E-state index is 0.0530. The number of hydrogen-bond donors (Lipinski definition) is 2. The predicted molar refractivity (Wildman–Crippen MR) is 107 cm³/mol. The molecule has 0 aliphatic rings. The second-order valence-electron chi connectivity index (χ2n) is 6.14. The van der Waals surface area contributed by atoms with E-state index < -0.39 is 23.8 Å². The van der Waals surface area contributed by atoms with E-state index in [0.717, 1.165) is 6.07 Å². The molecule has 0 saturated heterocycles. The lowest BCUT2D eigenvalue weighted by Gasteiger charge is -2.16. The lowest BCUT2D eigenvalue weighted by atomic mass is 10.1. The van der Waals surface area contributed by atoms with Crippen LogP contribution in [0.1, 0.15) is 23.0 Å². The summed E-state index contributed by atoms with van der Waals surface area (Å²) in [6.07, 6.45) is 0.414. The van der Waals surface area contributed by atoms with Crippen LogP contribution in [0, 0.1) is 5.82 Å². The van der Waals surface area contributed by atoms with Gasteiger partial charge in [0.1, 0.15) is 11.6 Å². The number of esters is 1. The maximum Gasteiger partial charge on any atom is 0.341 e. The first-order valence-corrected chi connectivity index (χ1v) is 9.14. The number of furan rings is 1. The number of amides is 1. The highest BCUT2D eigenvalue weighted by Crippen LogP contribution is 2.21. The number of carbonyl (C=O) groups is 2. The molecule has 0 radical (unpaired) electrons. The van der Waals surface area contributed by atoms with Crippen LogP contribution >= 0.6 is 11.6 Å². The molecule has 1 aromatic heterocycles. The summed E-state index contributed by atoms with van der Waals surface area (Å²) in [5.41, 5.74) is 0.740. The predicted octanol–water partition coefficient (Wildman–Crippen LogP) is 4.87. The smallest absolute Gasteiger partial charge is 0.341 e. The van der Waals surface area contributed by atoms with Gasteiger partial charge in [-0.25, -0.2) is 9.18 Å². The van der Waals surface area contributed by atoms with Crippen LogP contribution < -0.4 is 10.6 Å². The van der Waals surface area contributed by atoms with Crippen molar-refractivity contribution < 1.29 is 23.1 Å². The van der Waals surface area contributed by atoms with Gasteiger partial charge in [0.05, 0.1) is 24.1 Å². The van der Waals surface area contributed by atoms with Gasteiger partial charge in [0.25, 0.3) is 5.91 Å². The Morgan fingerprint density at radius 1 is 1.14 bits per heavy atom. The van der Waals surface area contributed by atoms with Gasteiger partial charge in [-0.3, -0.25) is 4.79 Å². The van der Waals surface area contributed by atoms with Crippen LogP contribution in [0.15, 0.2) is 65.3 Å². The molecular weight excluding hydrogens is 399 g/mol. The van der Waals surface area contributed by atoms with Gasteiger partial charge in [0, 0.05) is 10.7 Å². The van der Waals surface area contributed by atoms with Gasteiger partial charge in [-0.05, 0) is 49.4 Å². The number of nitrogens with one attached hydrogen (secondary N) is 2. The van der Waals surface area contributed by atoms with E-state index >= 15 is 0 Å². The van der Waals surface area contributed by atoms with E-state index in [1.807, 2.05) is 0 Å². The number of para-hydroxylation sites is 1. The average Bonchev–Trinajstić information content (AvgIpc) is 3.22. The summed E-state index contributed by atoms with van der Waals surface area (Å²) < 4.78 is 24.3. The molecule has 0 fully saturated rings. The van der Waals surface area contributed by atoms with Gasteiger partial charge in [0.15, 0.2) is 6.10 Å². The minimum Gasteiger partial charge on any atom is -0.467 e. The van der Waals surface area contributed by atoms with E-state index in [2.05, 4.69) is 10.6 Å². The minimum atomic E-state index is -1.14. The van der Waals surface area contributed by atoms with Gasteiger partial charge >= 0.3 is 5.97 Å². The summed E-state index contributed by atoms with van der Waals surface area (Å²) in [7, 11) is 0. The van der Waals surface area contributed by atoms with Crippen LogP contribution in [-0.4, -0.2) is 18.0 Å². The number of rotatable bonds is 7. The Balaban J connectivity index is 1.63. The zero-order chi connectivity index (χ0) is 20.8. The molecule has 1 heterocycles. The first-order valence-electron chi connectivity index (χ1n) is 8.76. The number of halogens is 2. The van der Waals surface area contributed by atoms with Crippen LogP contribution in [-0.2, 0) is 16.1 Å². The Morgan fingerprint density at radius 2 is 1.93 bits per heavy atom. The number of anilines is 2. The molecule has 0 saturated carbocycles. The molecule has 29 heavy (non-hydrogen) atoms. The van der Waals surface area contributed by atoms with Crippen molar-refractivity contribution in [2.45, 2.75) is 19.6 Å².